The van der Waals surface area contributed by atoms with E-state index in [0.717, 1.165) is 30.3 Å². The average molecular weight is 374 g/mol. The first kappa shape index (κ1) is 17.9. The van der Waals surface area contributed by atoms with E-state index in [9.17, 15) is 4.79 Å². The van der Waals surface area contributed by atoms with Crippen molar-refractivity contribution in [1.82, 2.24) is 19.9 Å². The minimum Gasteiger partial charge on any atom is -0.378 e. The molecule has 142 valence electrons. The first-order chi connectivity index (χ1) is 13.8. The maximum absolute atomic E-state index is 12.7. The fourth-order valence-electron chi connectivity index (χ4n) is 3.16. The molecule has 1 amide bonds. The highest BCUT2D eigenvalue weighted by Gasteiger charge is 2.23. The van der Waals surface area contributed by atoms with Gasteiger partial charge in [-0.2, -0.15) is 0 Å². The molecule has 1 N–H and O–H groups in total. The Kier molecular flexibility index (Phi) is 5.42. The van der Waals surface area contributed by atoms with Gasteiger partial charge in [-0.05, 0) is 36.4 Å². The van der Waals surface area contributed by atoms with Crippen LogP contribution in [0.3, 0.4) is 0 Å². The number of carbonyl (C=O) groups excluding carboxylic acids is 1. The zero-order valence-electron chi connectivity index (χ0n) is 15.5. The van der Waals surface area contributed by atoms with Crippen molar-refractivity contribution in [2.45, 2.75) is 6.54 Å². The van der Waals surface area contributed by atoms with Crippen molar-refractivity contribution in [3.05, 3.63) is 78.5 Å². The minimum absolute atomic E-state index is 0.0306. The Bertz CT molecular complexity index is 893. The highest BCUT2D eigenvalue weighted by Crippen LogP contribution is 2.15. The molecule has 1 saturated heterocycles. The van der Waals surface area contributed by atoms with Gasteiger partial charge in [-0.15, -0.1) is 0 Å². The monoisotopic (exact) mass is 374 g/mol. The molecule has 0 saturated carbocycles. The summed E-state index contributed by atoms with van der Waals surface area (Å²) in [6.45, 7) is 3.48. The molecule has 0 bridgehead atoms. The van der Waals surface area contributed by atoms with Crippen LogP contribution in [-0.2, 0) is 6.54 Å². The number of pyridine rings is 3. The third-order valence-electron chi connectivity index (χ3n) is 4.72. The molecule has 0 spiro atoms. The largest absolute Gasteiger partial charge is 0.378 e. The standard InChI is InChI=1S/C21H22N6O/c28-21(27-13-11-26(12-14-27)20-6-2-4-10-23-20)19-8-7-18(16-25-19)24-15-17-5-1-3-9-22-17/h1-10,16,24H,11-15H2. The fourth-order valence-corrected chi connectivity index (χ4v) is 3.16. The number of rotatable bonds is 5. The van der Waals surface area contributed by atoms with Gasteiger partial charge in [0.2, 0.25) is 0 Å². The molecule has 4 rings (SSSR count). The van der Waals surface area contributed by atoms with Gasteiger partial charge in [0.05, 0.1) is 24.1 Å². The highest BCUT2D eigenvalue weighted by atomic mass is 16.2. The Morgan fingerprint density at radius 3 is 2.32 bits per heavy atom. The molecule has 0 aromatic carbocycles. The second-order valence-electron chi connectivity index (χ2n) is 6.57. The number of hydrogen-bond donors (Lipinski definition) is 1. The topological polar surface area (TPSA) is 74.2 Å². The van der Waals surface area contributed by atoms with Crippen molar-refractivity contribution < 1.29 is 4.79 Å². The van der Waals surface area contributed by atoms with Crippen LogP contribution in [0.25, 0.3) is 0 Å². The molecule has 28 heavy (non-hydrogen) atoms. The molecule has 3 aromatic heterocycles. The lowest BCUT2D eigenvalue weighted by Crippen LogP contribution is -2.49. The molecule has 0 unspecified atom stereocenters. The number of aromatic nitrogens is 3. The van der Waals surface area contributed by atoms with Gasteiger partial charge in [-0.25, -0.2) is 9.97 Å². The Morgan fingerprint density at radius 2 is 1.68 bits per heavy atom. The van der Waals surface area contributed by atoms with Gasteiger partial charge in [0.1, 0.15) is 11.5 Å². The molecule has 7 nitrogen and oxygen atoms in total. The van der Waals surface area contributed by atoms with Crippen LogP contribution >= 0.6 is 0 Å². The lowest BCUT2D eigenvalue weighted by Gasteiger charge is -2.35. The SMILES string of the molecule is O=C(c1ccc(NCc2ccccn2)cn1)N1CCN(c2ccccn2)CC1. The van der Waals surface area contributed by atoms with Crippen LogP contribution in [0.1, 0.15) is 16.2 Å². The first-order valence-corrected chi connectivity index (χ1v) is 9.35. The summed E-state index contributed by atoms with van der Waals surface area (Å²) in [7, 11) is 0. The molecule has 1 fully saturated rings. The Morgan fingerprint density at radius 1 is 0.893 bits per heavy atom. The van der Waals surface area contributed by atoms with E-state index in [0.29, 0.717) is 25.3 Å². The van der Waals surface area contributed by atoms with Crippen molar-refractivity contribution in [3.8, 4) is 0 Å². The Balaban J connectivity index is 1.31. The van der Waals surface area contributed by atoms with Crippen LogP contribution in [-0.4, -0.2) is 51.9 Å². The summed E-state index contributed by atoms with van der Waals surface area (Å²) < 4.78 is 0. The van der Waals surface area contributed by atoms with E-state index < -0.39 is 0 Å². The molecular weight excluding hydrogens is 352 g/mol. The lowest BCUT2D eigenvalue weighted by molar-refractivity contribution is 0.0740. The number of nitrogens with one attached hydrogen (secondary N) is 1. The number of piperazine rings is 1. The van der Waals surface area contributed by atoms with Gasteiger partial charge < -0.3 is 15.1 Å². The third kappa shape index (κ3) is 4.25. The van der Waals surface area contributed by atoms with Gasteiger partial charge in [-0.1, -0.05) is 12.1 Å². The second-order valence-corrected chi connectivity index (χ2v) is 6.57. The Labute approximate surface area is 164 Å². The van der Waals surface area contributed by atoms with Crippen molar-refractivity contribution in [2.24, 2.45) is 0 Å². The normalized spacial score (nSPS) is 14.0. The van der Waals surface area contributed by atoms with Crippen LogP contribution in [0.2, 0.25) is 0 Å². The third-order valence-corrected chi connectivity index (χ3v) is 4.72. The Hall–Kier alpha value is -3.48. The van der Waals surface area contributed by atoms with Crippen LogP contribution in [0.5, 0.6) is 0 Å². The molecule has 0 aliphatic carbocycles. The molecule has 0 atom stereocenters. The van der Waals surface area contributed by atoms with E-state index in [-0.39, 0.29) is 5.91 Å². The van der Waals surface area contributed by atoms with Gasteiger partial charge >= 0.3 is 0 Å². The van der Waals surface area contributed by atoms with E-state index >= 15 is 0 Å². The van der Waals surface area contributed by atoms with Crippen LogP contribution in [0, 0.1) is 0 Å². The minimum atomic E-state index is -0.0306. The summed E-state index contributed by atoms with van der Waals surface area (Å²) in [5.74, 6) is 0.924. The smallest absolute Gasteiger partial charge is 0.272 e. The predicted molar refractivity (Wildman–Crippen MR) is 108 cm³/mol. The van der Waals surface area contributed by atoms with Gasteiger partial charge in [0.15, 0.2) is 0 Å². The van der Waals surface area contributed by atoms with Crippen LogP contribution < -0.4 is 10.2 Å². The molecule has 1 aliphatic heterocycles. The summed E-state index contributed by atoms with van der Waals surface area (Å²) in [5.41, 5.74) is 2.28. The van der Waals surface area contributed by atoms with Gasteiger partial charge in [-0.3, -0.25) is 9.78 Å². The predicted octanol–water partition coefficient (Wildman–Crippen LogP) is 2.45. The highest BCUT2D eigenvalue weighted by molar-refractivity contribution is 5.92. The summed E-state index contributed by atoms with van der Waals surface area (Å²) in [4.78, 5) is 29.8. The number of nitrogens with zero attached hydrogens (tertiary/aromatic N) is 5. The maximum atomic E-state index is 12.7. The number of amides is 1. The van der Waals surface area contributed by atoms with Gasteiger partial charge in [0, 0.05) is 38.6 Å². The maximum Gasteiger partial charge on any atom is 0.272 e. The summed E-state index contributed by atoms with van der Waals surface area (Å²) in [6.07, 6.45) is 5.26. The summed E-state index contributed by atoms with van der Waals surface area (Å²) in [6, 6.07) is 15.3. The molecule has 3 aromatic rings. The van der Waals surface area contributed by atoms with E-state index in [1.165, 1.54) is 0 Å². The van der Waals surface area contributed by atoms with Crippen molar-refractivity contribution in [1.29, 1.82) is 0 Å². The zero-order chi connectivity index (χ0) is 19.2. The lowest BCUT2D eigenvalue weighted by atomic mass is 10.2. The van der Waals surface area contributed by atoms with Crippen molar-refractivity contribution in [2.75, 3.05) is 36.4 Å². The van der Waals surface area contributed by atoms with Crippen molar-refractivity contribution in [3.63, 3.8) is 0 Å². The first-order valence-electron chi connectivity index (χ1n) is 9.35. The summed E-state index contributed by atoms with van der Waals surface area (Å²) in [5, 5.41) is 3.27. The molecule has 1 aliphatic rings. The molecule has 4 heterocycles. The average Bonchev–Trinajstić information content (AvgIpc) is 2.79. The number of hydrogen-bond acceptors (Lipinski definition) is 6. The molecule has 0 radical (unpaired) electrons. The van der Waals surface area contributed by atoms with E-state index in [1.807, 2.05) is 47.4 Å². The summed E-state index contributed by atoms with van der Waals surface area (Å²) >= 11 is 0. The zero-order valence-corrected chi connectivity index (χ0v) is 15.5. The van der Waals surface area contributed by atoms with E-state index in [1.54, 1.807) is 24.7 Å². The van der Waals surface area contributed by atoms with Gasteiger partial charge in [0.25, 0.3) is 5.91 Å². The molecular formula is C21H22N6O. The van der Waals surface area contributed by atoms with Crippen LogP contribution in [0.4, 0.5) is 11.5 Å². The van der Waals surface area contributed by atoms with Crippen LogP contribution in [0.15, 0.2) is 67.1 Å². The molecule has 7 heteroatoms. The quantitative estimate of drug-likeness (QED) is 0.739. The van der Waals surface area contributed by atoms with E-state index in [4.69, 9.17) is 0 Å². The number of carbonyl (C=O) groups is 1. The van der Waals surface area contributed by atoms with Crippen molar-refractivity contribution >= 4 is 17.4 Å². The second kappa shape index (κ2) is 8.47. The van der Waals surface area contributed by atoms with E-state index in [2.05, 4.69) is 25.2 Å². The fraction of sp³-hybridized carbons (Fsp3) is 0.238. The number of anilines is 2.